The predicted molar refractivity (Wildman–Crippen MR) is 118 cm³/mol. The van der Waals surface area contributed by atoms with E-state index in [0.717, 1.165) is 31.1 Å². The van der Waals surface area contributed by atoms with Crippen molar-refractivity contribution in [3.05, 3.63) is 0 Å². The minimum atomic E-state index is -0.313. The molecule has 30 heavy (non-hydrogen) atoms. The van der Waals surface area contributed by atoms with Crippen LogP contribution in [-0.4, -0.2) is 37.0 Å². The molecule has 0 aromatic heterocycles. The number of carbonyl (C=O) groups excluding carboxylic acids is 1. The third-order valence-corrected chi connectivity index (χ3v) is 10.8. The molecule has 0 aliphatic heterocycles. The van der Waals surface area contributed by atoms with Crippen molar-refractivity contribution in [2.75, 3.05) is 13.7 Å². The Morgan fingerprint density at radius 1 is 1.03 bits per heavy atom. The summed E-state index contributed by atoms with van der Waals surface area (Å²) in [7, 11) is 1.75. The lowest BCUT2D eigenvalue weighted by molar-refractivity contribution is -0.253. The van der Waals surface area contributed by atoms with Crippen LogP contribution in [0.1, 0.15) is 86.0 Å². The molecule has 1 N–H and O–H groups in total. The molecule has 0 saturated heterocycles. The number of ether oxygens (including phenoxy) is 2. The molecule has 4 saturated carbocycles. The number of carbonyl (C=O) groups is 1. The van der Waals surface area contributed by atoms with Gasteiger partial charge < -0.3 is 14.6 Å². The fourth-order valence-corrected chi connectivity index (χ4v) is 9.45. The van der Waals surface area contributed by atoms with Gasteiger partial charge in [-0.2, -0.15) is 0 Å². The van der Waals surface area contributed by atoms with Crippen molar-refractivity contribution in [3.8, 4) is 0 Å². The van der Waals surface area contributed by atoms with Gasteiger partial charge in [0.15, 0.2) is 0 Å². The SMILES string of the molecule is COC[C@H]1CC(OC(C)=O)CC2C3(C)CCC4C(C)CCCC4(C)C3CC(O)C21C. The van der Waals surface area contributed by atoms with Gasteiger partial charge in [-0.25, -0.2) is 0 Å². The van der Waals surface area contributed by atoms with Gasteiger partial charge in [-0.1, -0.05) is 40.5 Å². The Morgan fingerprint density at radius 2 is 1.77 bits per heavy atom. The van der Waals surface area contributed by atoms with Crippen molar-refractivity contribution in [3.63, 3.8) is 0 Å². The van der Waals surface area contributed by atoms with E-state index in [1.807, 2.05) is 0 Å². The minimum Gasteiger partial charge on any atom is -0.463 e. The van der Waals surface area contributed by atoms with Crippen molar-refractivity contribution in [2.24, 2.45) is 45.8 Å². The van der Waals surface area contributed by atoms with E-state index in [0.29, 0.717) is 23.9 Å². The topological polar surface area (TPSA) is 55.8 Å². The van der Waals surface area contributed by atoms with Gasteiger partial charge in [-0.15, -0.1) is 0 Å². The zero-order chi connectivity index (χ0) is 21.9. The maximum atomic E-state index is 11.8. The summed E-state index contributed by atoms with van der Waals surface area (Å²) < 4.78 is 11.4. The summed E-state index contributed by atoms with van der Waals surface area (Å²) >= 11 is 0. The van der Waals surface area contributed by atoms with E-state index in [9.17, 15) is 9.90 Å². The van der Waals surface area contributed by atoms with Crippen molar-refractivity contribution in [1.29, 1.82) is 0 Å². The van der Waals surface area contributed by atoms with Crippen LogP contribution >= 0.6 is 0 Å². The van der Waals surface area contributed by atoms with Gasteiger partial charge in [0.05, 0.1) is 6.10 Å². The summed E-state index contributed by atoms with van der Waals surface area (Å²) in [6.07, 6.45) is 8.76. The molecular formula is C26H44O4. The second-order valence-electron chi connectivity index (χ2n) is 12.1. The number of fused-ring (bicyclic) bond motifs is 5. The zero-order valence-corrected chi connectivity index (χ0v) is 20.1. The first-order valence-electron chi connectivity index (χ1n) is 12.4. The number of aliphatic hydroxyl groups is 1. The van der Waals surface area contributed by atoms with Gasteiger partial charge in [0.25, 0.3) is 0 Å². The lowest BCUT2D eigenvalue weighted by atomic mass is 9.35. The Balaban J connectivity index is 1.74. The normalized spacial score (nSPS) is 53.2. The zero-order valence-electron chi connectivity index (χ0n) is 20.1. The van der Waals surface area contributed by atoms with Crippen molar-refractivity contribution in [2.45, 2.75) is 98.2 Å². The van der Waals surface area contributed by atoms with E-state index in [2.05, 4.69) is 27.7 Å². The number of aliphatic hydroxyl groups excluding tert-OH is 1. The van der Waals surface area contributed by atoms with Crippen LogP contribution in [0.4, 0.5) is 0 Å². The standard InChI is InChI=1S/C26H44O4/c1-16-8-7-10-24(3)20(16)9-11-25(4)21(24)14-23(28)26(5)18(15-29-6)12-19(13-22(25)26)30-17(2)27/h16,18-23,28H,7-15H2,1-6H3/t16?,18-,19?,20?,21?,22?,23?,24?,25?,26?/m1/s1. The molecule has 0 bridgehead atoms. The fraction of sp³-hybridized carbons (Fsp3) is 0.962. The first-order valence-corrected chi connectivity index (χ1v) is 12.4. The highest BCUT2D eigenvalue weighted by molar-refractivity contribution is 5.66. The largest absolute Gasteiger partial charge is 0.463 e. The molecule has 0 amide bonds. The van der Waals surface area contributed by atoms with Crippen LogP contribution < -0.4 is 0 Å². The van der Waals surface area contributed by atoms with Crippen LogP contribution in [0, 0.1) is 45.8 Å². The van der Waals surface area contributed by atoms with Gasteiger partial charge in [0.2, 0.25) is 0 Å². The quantitative estimate of drug-likeness (QED) is 0.636. The maximum Gasteiger partial charge on any atom is 0.302 e. The van der Waals surface area contributed by atoms with Crippen LogP contribution in [0.25, 0.3) is 0 Å². The van der Waals surface area contributed by atoms with Gasteiger partial charge in [0, 0.05) is 26.1 Å². The van der Waals surface area contributed by atoms with Crippen molar-refractivity contribution < 1.29 is 19.4 Å². The Kier molecular flexibility index (Phi) is 5.84. The van der Waals surface area contributed by atoms with Crippen molar-refractivity contribution >= 4 is 5.97 Å². The van der Waals surface area contributed by atoms with Crippen LogP contribution in [0.15, 0.2) is 0 Å². The summed E-state index contributed by atoms with van der Waals surface area (Å²) in [6.45, 7) is 12.0. The summed E-state index contributed by atoms with van der Waals surface area (Å²) in [4.78, 5) is 11.8. The summed E-state index contributed by atoms with van der Waals surface area (Å²) in [5, 5.41) is 11.7. The molecule has 0 spiro atoms. The number of rotatable bonds is 3. The highest BCUT2D eigenvalue weighted by Gasteiger charge is 2.67. The van der Waals surface area contributed by atoms with Gasteiger partial charge >= 0.3 is 5.97 Å². The number of hydrogen-bond donors (Lipinski definition) is 1. The average Bonchev–Trinajstić information content (AvgIpc) is 2.65. The molecule has 0 aromatic carbocycles. The number of methoxy groups -OCH3 is 1. The van der Waals surface area contributed by atoms with Gasteiger partial charge in [-0.05, 0) is 78.9 Å². The number of esters is 1. The molecule has 9 unspecified atom stereocenters. The highest BCUT2D eigenvalue weighted by Crippen LogP contribution is 2.71. The number of hydrogen-bond acceptors (Lipinski definition) is 4. The Morgan fingerprint density at radius 3 is 2.43 bits per heavy atom. The highest BCUT2D eigenvalue weighted by atomic mass is 16.5. The third-order valence-electron chi connectivity index (χ3n) is 10.8. The summed E-state index contributed by atoms with van der Waals surface area (Å²) in [6, 6.07) is 0. The van der Waals surface area contributed by atoms with Gasteiger partial charge in [0.1, 0.15) is 6.10 Å². The lowest BCUT2D eigenvalue weighted by Crippen LogP contribution is -2.67. The first-order chi connectivity index (χ1) is 14.1. The summed E-state index contributed by atoms with van der Waals surface area (Å²) in [5.41, 5.74) is 0.320. The molecule has 0 aromatic rings. The monoisotopic (exact) mass is 420 g/mol. The second-order valence-corrected chi connectivity index (χ2v) is 12.1. The van der Waals surface area contributed by atoms with E-state index >= 15 is 0 Å². The molecule has 0 radical (unpaired) electrons. The molecule has 4 nitrogen and oxygen atoms in total. The van der Waals surface area contributed by atoms with E-state index in [-0.39, 0.29) is 34.9 Å². The first kappa shape index (κ1) is 22.6. The molecule has 10 atom stereocenters. The van der Waals surface area contributed by atoms with E-state index in [1.165, 1.54) is 39.0 Å². The molecule has 4 heteroatoms. The second kappa shape index (κ2) is 7.76. The average molecular weight is 421 g/mol. The van der Waals surface area contributed by atoms with Crippen LogP contribution in [-0.2, 0) is 14.3 Å². The fourth-order valence-electron chi connectivity index (χ4n) is 9.45. The molecule has 4 aliphatic carbocycles. The Bertz CT molecular complexity index is 663. The van der Waals surface area contributed by atoms with Crippen LogP contribution in [0.3, 0.4) is 0 Å². The molecular weight excluding hydrogens is 376 g/mol. The Hall–Kier alpha value is -0.610. The van der Waals surface area contributed by atoms with Gasteiger partial charge in [-0.3, -0.25) is 4.79 Å². The van der Waals surface area contributed by atoms with Crippen molar-refractivity contribution in [1.82, 2.24) is 0 Å². The van der Waals surface area contributed by atoms with E-state index in [4.69, 9.17) is 9.47 Å². The minimum absolute atomic E-state index is 0.0562. The molecule has 4 aliphatic rings. The third kappa shape index (κ3) is 3.18. The van der Waals surface area contributed by atoms with E-state index in [1.54, 1.807) is 7.11 Å². The smallest absolute Gasteiger partial charge is 0.302 e. The van der Waals surface area contributed by atoms with Crippen LogP contribution in [0.5, 0.6) is 0 Å². The predicted octanol–water partition coefficient (Wildman–Crippen LogP) is 5.22. The van der Waals surface area contributed by atoms with Crippen LogP contribution in [0.2, 0.25) is 0 Å². The lowest BCUT2D eigenvalue weighted by Gasteiger charge is -2.70. The molecule has 4 rings (SSSR count). The molecule has 4 fully saturated rings. The Labute approximate surface area is 183 Å². The molecule has 0 heterocycles. The molecule has 172 valence electrons. The van der Waals surface area contributed by atoms with E-state index < -0.39 is 0 Å². The summed E-state index contributed by atoms with van der Waals surface area (Å²) in [5.74, 6) is 2.50. The maximum absolute atomic E-state index is 11.8.